The van der Waals surface area contributed by atoms with Crippen molar-refractivity contribution in [2.75, 3.05) is 13.2 Å². The summed E-state index contributed by atoms with van der Waals surface area (Å²) in [5.41, 5.74) is 1.45. The molecule has 0 aliphatic heterocycles. The van der Waals surface area contributed by atoms with Gasteiger partial charge in [0.15, 0.2) is 0 Å². The van der Waals surface area contributed by atoms with Crippen LogP contribution in [-0.2, 0) is 9.47 Å². The fourth-order valence-electron chi connectivity index (χ4n) is 1.69. The molecule has 2 aromatic carbocycles. The molecule has 22 heavy (non-hydrogen) atoms. The van der Waals surface area contributed by atoms with E-state index in [9.17, 15) is 9.59 Å². The molecule has 0 fully saturated rings. The molecule has 0 unspecified atom stereocenters. The molecule has 112 valence electrons. The molecule has 0 atom stereocenters. The number of rotatable bonds is 6. The third kappa shape index (κ3) is 4.59. The van der Waals surface area contributed by atoms with Gasteiger partial charge in [-0.05, 0) is 29.8 Å². The number of hydrogen-bond donors (Lipinski definition) is 0. The first-order valence-electron chi connectivity index (χ1n) is 6.78. The number of carbonyl (C=O) groups excluding carboxylic acids is 2. The van der Waals surface area contributed by atoms with Gasteiger partial charge in [0.1, 0.15) is 13.2 Å². The molecular weight excluding hydrogens is 280 g/mol. The van der Waals surface area contributed by atoms with E-state index in [1.165, 1.54) is 0 Å². The van der Waals surface area contributed by atoms with Gasteiger partial charge in [-0.2, -0.15) is 0 Å². The van der Waals surface area contributed by atoms with E-state index in [0.717, 1.165) is 0 Å². The van der Waals surface area contributed by atoms with Crippen molar-refractivity contribution in [2.24, 2.45) is 0 Å². The molecule has 2 aromatic rings. The number of hydrogen-bond acceptors (Lipinski definition) is 4. The summed E-state index contributed by atoms with van der Waals surface area (Å²) in [6, 6.07) is 17.3. The molecule has 0 radical (unpaired) electrons. The molecule has 0 bridgehead atoms. The molecule has 4 nitrogen and oxygen atoms in total. The Hall–Kier alpha value is -2.88. The maximum atomic E-state index is 11.7. The van der Waals surface area contributed by atoms with Gasteiger partial charge in [0.05, 0.1) is 11.1 Å². The van der Waals surface area contributed by atoms with Gasteiger partial charge < -0.3 is 9.47 Å². The number of esters is 2. The average molecular weight is 296 g/mol. The zero-order chi connectivity index (χ0) is 15.8. The normalized spacial score (nSPS) is 9.82. The van der Waals surface area contributed by atoms with E-state index < -0.39 is 11.9 Å². The highest BCUT2D eigenvalue weighted by atomic mass is 16.5. The summed E-state index contributed by atoms with van der Waals surface area (Å²) in [7, 11) is 0. The van der Waals surface area contributed by atoms with Crippen LogP contribution in [0, 0.1) is 0 Å². The van der Waals surface area contributed by atoms with Crippen molar-refractivity contribution in [2.45, 2.75) is 0 Å². The van der Waals surface area contributed by atoms with E-state index in [4.69, 9.17) is 9.47 Å². The molecule has 4 heteroatoms. The van der Waals surface area contributed by atoms with Crippen molar-refractivity contribution >= 4 is 11.9 Å². The predicted octanol–water partition coefficient (Wildman–Crippen LogP) is 3.26. The summed E-state index contributed by atoms with van der Waals surface area (Å²) in [6.45, 7) is 3.75. The largest absolute Gasteiger partial charge is 0.457 e. The number of carbonyl (C=O) groups is 2. The fourth-order valence-corrected chi connectivity index (χ4v) is 1.69. The van der Waals surface area contributed by atoms with Crippen LogP contribution in [0.4, 0.5) is 0 Å². The van der Waals surface area contributed by atoms with Crippen LogP contribution in [0.15, 0.2) is 72.8 Å². The van der Waals surface area contributed by atoms with Crippen molar-refractivity contribution < 1.29 is 19.1 Å². The van der Waals surface area contributed by atoms with Gasteiger partial charge in [-0.15, -0.1) is 0 Å². The van der Waals surface area contributed by atoms with Crippen LogP contribution in [0.3, 0.4) is 0 Å². The molecule has 0 amide bonds. The Kier molecular flexibility index (Phi) is 5.49. The summed E-state index contributed by atoms with van der Waals surface area (Å²) < 4.78 is 10.2. The number of benzene rings is 2. The lowest BCUT2D eigenvalue weighted by Crippen LogP contribution is -2.13. The Balaban J connectivity index is 1.74. The fraction of sp³-hybridized carbons (Fsp3) is 0.111. The maximum Gasteiger partial charge on any atom is 0.338 e. The second-order valence-corrected chi connectivity index (χ2v) is 4.63. The second kappa shape index (κ2) is 7.78. The van der Waals surface area contributed by atoms with Crippen LogP contribution in [-0.4, -0.2) is 25.2 Å². The third-order valence-corrected chi connectivity index (χ3v) is 2.83. The Morgan fingerprint density at radius 3 is 1.45 bits per heavy atom. The molecule has 0 heterocycles. The lowest BCUT2D eigenvalue weighted by molar-refractivity contribution is 0.0479. The first-order chi connectivity index (χ1) is 10.7. The molecular formula is C18H16O4. The SMILES string of the molecule is C=C(COC(=O)c1ccccc1)COC(=O)c1ccccc1. The van der Waals surface area contributed by atoms with Gasteiger partial charge >= 0.3 is 11.9 Å². The Labute approximate surface area is 129 Å². The molecule has 2 rings (SSSR count). The van der Waals surface area contributed by atoms with Crippen LogP contribution in [0.2, 0.25) is 0 Å². The monoisotopic (exact) mass is 296 g/mol. The van der Waals surface area contributed by atoms with Gasteiger partial charge in [0.2, 0.25) is 0 Å². The number of ether oxygens (including phenoxy) is 2. The third-order valence-electron chi connectivity index (χ3n) is 2.83. The maximum absolute atomic E-state index is 11.7. The quantitative estimate of drug-likeness (QED) is 0.606. The first-order valence-corrected chi connectivity index (χ1v) is 6.78. The Morgan fingerprint density at radius 2 is 1.09 bits per heavy atom. The van der Waals surface area contributed by atoms with Gasteiger partial charge in [-0.1, -0.05) is 43.0 Å². The van der Waals surface area contributed by atoms with E-state index in [1.54, 1.807) is 48.5 Å². The zero-order valence-corrected chi connectivity index (χ0v) is 12.0. The van der Waals surface area contributed by atoms with Crippen LogP contribution in [0.1, 0.15) is 20.7 Å². The lowest BCUT2D eigenvalue weighted by Gasteiger charge is -2.08. The summed E-state index contributed by atoms with van der Waals surface area (Å²) >= 11 is 0. The van der Waals surface area contributed by atoms with Crippen molar-refractivity contribution in [3.05, 3.63) is 83.9 Å². The topological polar surface area (TPSA) is 52.6 Å². The Bertz CT molecular complexity index is 590. The minimum atomic E-state index is -0.434. The van der Waals surface area contributed by atoms with Crippen LogP contribution in [0.25, 0.3) is 0 Å². The summed E-state index contributed by atoms with van der Waals surface area (Å²) in [6.07, 6.45) is 0. The standard InChI is InChI=1S/C18H16O4/c1-14(12-21-17(19)15-8-4-2-5-9-15)13-22-18(20)16-10-6-3-7-11-16/h2-11H,1,12-13H2. The van der Waals surface area contributed by atoms with Crippen molar-refractivity contribution in [3.63, 3.8) is 0 Å². The van der Waals surface area contributed by atoms with Crippen molar-refractivity contribution in [1.82, 2.24) is 0 Å². The van der Waals surface area contributed by atoms with E-state index >= 15 is 0 Å². The zero-order valence-electron chi connectivity index (χ0n) is 12.0. The molecule has 0 aromatic heterocycles. The van der Waals surface area contributed by atoms with Gasteiger partial charge in [-0.25, -0.2) is 9.59 Å². The highest BCUT2D eigenvalue weighted by Gasteiger charge is 2.09. The van der Waals surface area contributed by atoms with Gasteiger partial charge in [-0.3, -0.25) is 0 Å². The average Bonchev–Trinajstić information content (AvgIpc) is 2.59. The lowest BCUT2D eigenvalue weighted by atomic mass is 10.2. The molecule has 0 aliphatic rings. The predicted molar refractivity (Wildman–Crippen MR) is 82.6 cm³/mol. The second-order valence-electron chi connectivity index (χ2n) is 4.63. The summed E-state index contributed by atoms with van der Waals surface area (Å²) in [5, 5.41) is 0. The van der Waals surface area contributed by atoms with Crippen LogP contribution < -0.4 is 0 Å². The van der Waals surface area contributed by atoms with E-state index in [1.807, 2.05) is 12.1 Å². The van der Waals surface area contributed by atoms with Crippen LogP contribution >= 0.6 is 0 Å². The van der Waals surface area contributed by atoms with Crippen molar-refractivity contribution in [1.29, 1.82) is 0 Å². The minimum absolute atomic E-state index is 0.00972. The van der Waals surface area contributed by atoms with Gasteiger partial charge in [0, 0.05) is 0 Å². The minimum Gasteiger partial charge on any atom is -0.457 e. The van der Waals surface area contributed by atoms with E-state index in [0.29, 0.717) is 16.7 Å². The molecule has 0 saturated heterocycles. The Morgan fingerprint density at radius 1 is 0.727 bits per heavy atom. The van der Waals surface area contributed by atoms with E-state index in [-0.39, 0.29) is 13.2 Å². The van der Waals surface area contributed by atoms with Gasteiger partial charge in [0.25, 0.3) is 0 Å². The summed E-state index contributed by atoms with van der Waals surface area (Å²) in [4.78, 5) is 23.5. The smallest absolute Gasteiger partial charge is 0.338 e. The van der Waals surface area contributed by atoms with Crippen molar-refractivity contribution in [3.8, 4) is 0 Å². The van der Waals surface area contributed by atoms with E-state index in [2.05, 4.69) is 6.58 Å². The first kappa shape index (κ1) is 15.5. The molecule has 0 aliphatic carbocycles. The molecule has 0 saturated carbocycles. The van der Waals surface area contributed by atoms with Crippen LogP contribution in [0.5, 0.6) is 0 Å². The highest BCUT2D eigenvalue weighted by Crippen LogP contribution is 2.05. The molecule has 0 N–H and O–H groups in total. The summed E-state index contributed by atoms with van der Waals surface area (Å²) in [5.74, 6) is -0.868. The highest BCUT2D eigenvalue weighted by molar-refractivity contribution is 5.90. The molecule has 0 spiro atoms.